The normalized spacial score (nSPS) is 18.1. The van der Waals surface area contributed by atoms with E-state index in [1.807, 2.05) is 9.80 Å². The monoisotopic (exact) mass is 434 g/mol. The van der Waals surface area contributed by atoms with Crippen LogP contribution in [0.25, 0.3) is 0 Å². The third kappa shape index (κ3) is 6.22. The van der Waals surface area contributed by atoms with Gasteiger partial charge in [-0.1, -0.05) is 23.2 Å². The molecular weight excluding hydrogens is 411 g/mol. The first kappa shape index (κ1) is 22.2. The fraction of sp³-hybridized carbons (Fsp3) is 0.556. The lowest BCUT2D eigenvalue weighted by Gasteiger charge is -2.35. The Balaban J connectivity index is 0.00000261. The summed E-state index contributed by atoms with van der Waals surface area (Å²) >= 11 is 12.0. The summed E-state index contributed by atoms with van der Waals surface area (Å²) in [4.78, 5) is 30.8. The largest absolute Gasteiger partial charge is 0.340 e. The van der Waals surface area contributed by atoms with Gasteiger partial charge < -0.3 is 15.1 Å². The molecule has 0 atom stereocenters. The maximum Gasteiger partial charge on any atom is 0.254 e. The van der Waals surface area contributed by atoms with E-state index in [1.54, 1.807) is 18.2 Å². The number of amides is 2. The van der Waals surface area contributed by atoms with Crippen LogP contribution in [0.2, 0.25) is 10.0 Å². The number of nitrogens with one attached hydrogen (secondary N) is 1. The molecule has 2 saturated heterocycles. The summed E-state index contributed by atoms with van der Waals surface area (Å²) in [5, 5.41) is 4.18. The summed E-state index contributed by atoms with van der Waals surface area (Å²) in [6, 6.07) is 4.91. The predicted molar refractivity (Wildman–Crippen MR) is 110 cm³/mol. The molecule has 150 valence electrons. The van der Waals surface area contributed by atoms with E-state index in [0.29, 0.717) is 35.1 Å². The van der Waals surface area contributed by atoms with Crippen molar-refractivity contribution in [2.24, 2.45) is 0 Å². The van der Waals surface area contributed by atoms with Gasteiger partial charge in [-0.25, -0.2) is 0 Å². The Morgan fingerprint density at radius 2 is 1.48 bits per heavy atom. The molecule has 0 bridgehead atoms. The van der Waals surface area contributed by atoms with Crippen LogP contribution in [0.4, 0.5) is 0 Å². The average molecular weight is 436 g/mol. The highest BCUT2D eigenvalue weighted by Gasteiger charge is 2.24. The zero-order valence-corrected chi connectivity index (χ0v) is 17.5. The van der Waals surface area contributed by atoms with E-state index in [9.17, 15) is 9.59 Å². The first-order valence-corrected chi connectivity index (χ1v) is 9.75. The van der Waals surface area contributed by atoms with Crippen molar-refractivity contribution in [3.05, 3.63) is 33.8 Å². The highest BCUT2D eigenvalue weighted by atomic mass is 35.5. The lowest BCUT2D eigenvalue weighted by Crippen LogP contribution is -2.50. The minimum absolute atomic E-state index is 0. The van der Waals surface area contributed by atoms with Crippen LogP contribution in [0.15, 0.2) is 18.2 Å². The number of benzene rings is 1. The SMILES string of the molecule is Cl.O=C(CCN1CCN(C(=O)c2cc(Cl)cc(Cl)c2)CC1)N1CCNCC1. The number of halogens is 3. The number of hydrogen-bond acceptors (Lipinski definition) is 4. The molecule has 1 aromatic rings. The summed E-state index contributed by atoms with van der Waals surface area (Å²) in [6.45, 7) is 6.92. The van der Waals surface area contributed by atoms with E-state index in [-0.39, 0.29) is 24.2 Å². The van der Waals surface area contributed by atoms with Gasteiger partial charge in [0.15, 0.2) is 0 Å². The van der Waals surface area contributed by atoms with Crippen molar-refractivity contribution in [3.63, 3.8) is 0 Å². The molecule has 2 fully saturated rings. The molecule has 27 heavy (non-hydrogen) atoms. The number of nitrogens with zero attached hydrogens (tertiary/aromatic N) is 3. The van der Waals surface area contributed by atoms with E-state index in [1.165, 1.54) is 0 Å². The Morgan fingerprint density at radius 3 is 2.07 bits per heavy atom. The van der Waals surface area contributed by atoms with E-state index >= 15 is 0 Å². The van der Waals surface area contributed by atoms with Crippen LogP contribution in [0.1, 0.15) is 16.8 Å². The van der Waals surface area contributed by atoms with E-state index in [0.717, 1.165) is 45.8 Å². The third-order valence-corrected chi connectivity index (χ3v) is 5.32. The molecule has 2 heterocycles. The van der Waals surface area contributed by atoms with Crippen molar-refractivity contribution in [2.45, 2.75) is 6.42 Å². The highest BCUT2D eigenvalue weighted by Crippen LogP contribution is 2.20. The van der Waals surface area contributed by atoms with E-state index in [2.05, 4.69) is 10.2 Å². The molecule has 0 aliphatic carbocycles. The third-order valence-electron chi connectivity index (χ3n) is 4.88. The topological polar surface area (TPSA) is 55.9 Å². The minimum atomic E-state index is -0.0501. The number of piperazine rings is 2. The Bertz CT molecular complexity index is 640. The van der Waals surface area contributed by atoms with Crippen LogP contribution < -0.4 is 5.32 Å². The number of carbonyl (C=O) groups excluding carboxylic acids is 2. The van der Waals surface area contributed by atoms with Crippen LogP contribution in [-0.2, 0) is 4.79 Å². The molecule has 0 spiro atoms. The van der Waals surface area contributed by atoms with Crippen molar-refractivity contribution < 1.29 is 9.59 Å². The molecule has 0 aromatic heterocycles. The van der Waals surface area contributed by atoms with E-state index < -0.39 is 0 Å². The average Bonchev–Trinajstić information content (AvgIpc) is 2.66. The molecular formula is C18H25Cl3N4O2. The molecule has 0 unspecified atom stereocenters. The smallest absolute Gasteiger partial charge is 0.254 e. The van der Waals surface area contributed by atoms with Crippen LogP contribution in [0.3, 0.4) is 0 Å². The van der Waals surface area contributed by atoms with E-state index in [4.69, 9.17) is 23.2 Å². The lowest BCUT2D eigenvalue weighted by atomic mass is 10.1. The van der Waals surface area contributed by atoms with Crippen LogP contribution in [-0.4, -0.2) is 85.4 Å². The summed E-state index contributed by atoms with van der Waals surface area (Å²) < 4.78 is 0. The summed E-state index contributed by atoms with van der Waals surface area (Å²) in [6.07, 6.45) is 0.540. The van der Waals surface area contributed by atoms with Gasteiger partial charge in [0.1, 0.15) is 0 Å². The Kier molecular flexibility index (Phi) is 8.63. The Labute approximate surface area is 176 Å². The standard InChI is InChI=1S/C18H24Cl2N4O2.ClH/c19-15-11-14(12-16(20)13-15)18(26)24-9-7-22(8-10-24)4-1-17(25)23-5-2-21-3-6-23;/h11-13,21H,1-10H2;1H. The zero-order valence-electron chi connectivity index (χ0n) is 15.1. The van der Waals surface area contributed by atoms with Crippen molar-refractivity contribution in [1.29, 1.82) is 0 Å². The van der Waals surface area contributed by atoms with Gasteiger partial charge in [-0.15, -0.1) is 12.4 Å². The van der Waals surface area contributed by atoms with Crippen molar-refractivity contribution in [3.8, 4) is 0 Å². The molecule has 6 nitrogen and oxygen atoms in total. The Morgan fingerprint density at radius 1 is 0.889 bits per heavy atom. The van der Waals surface area contributed by atoms with Gasteiger partial charge in [-0.2, -0.15) is 0 Å². The van der Waals surface area contributed by atoms with Crippen molar-refractivity contribution in [1.82, 2.24) is 20.0 Å². The number of rotatable bonds is 4. The molecule has 1 N–H and O–H groups in total. The minimum Gasteiger partial charge on any atom is -0.340 e. The second kappa shape index (κ2) is 10.5. The number of hydrogen-bond donors (Lipinski definition) is 1. The van der Waals surface area contributed by atoms with Crippen LogP contribution >= 0.6 is 35.6 Å². The molecule has 0 saturated carbocycles. The summed E-state index contributed by atoms with van der Waals surface area (Å²) in [5.41, 5.74) is 0.518. The van der Waals surface area contributed by atoms with Gasteiger partial charge in [0.05, 0.1) is 0 Å². The quantitative estimate of drug-likeness (QED) is 0.786. The molecule has 2 aliphatic rings. The zero-order chi connectivity index (χ0) is 18.5. The maximum atomic E-state index is 12.6. The summed E-state index contributed by atoms with van der Waals surface area (Å²) in [7, 11) is 0. The predicted octanol–water partition coefficient (Wildman–Crippen LogP) is 1.99. The van der Waals surface area contributed by atoms with Crippen molar-refractivity contribution in [2.75, 3.05) is 58.9 Å². The van der Waals surface area contributed by atoms with Gasteiger partial charge in [0.25, 0.3) is 5.91 Å². The fourth-order valence-electron chi connectivity index (χ4n) is 3.36. The maximum absolute atomic E-state index is 12.6. The number of carbonyl (C=O) groups is 2. The molecule has 1 aromatic carbocycles. The molecule has 3 rings (SSSR count). The first-order chi connectivity index (χ1) is 12.5. The second-order valence-electron chi connectivity index (χ2n) is 6.67. The van der Waals surface area contributed by atoms with Gasteiger partial charge in [-0.3, -0.25) is 14.5 Å². The van der Waals surface area contributed by atoms with Crippen molar-refractivity contribution >= 4 is 47.4 Å². The van der Waals surface area contributed by atoms with Crippen LogP contribution in [0, 0.1) is 0 Å². The lowest BCUT2D eigenvalue weighted by molar-refractivity contribution is -0.132. The Hall–Kier alpha value is -1.05. The van der Waals surface area contributed by atoms with Gasteiger partial charge in [-0.05, 0) is 18.2 Å². The first-order valence-electron chi connectivity index (χ1n) is 8.99. The summed E-state index contributed by atoms with van der Waals surface area (Å²) in [5.74, 6) is 0.171. The van der Waals surface area contributed by atoms with Crippen LogP contribution in [0.5, 0.6) is 0 Å². The molecule has 2 aliphatic heterocycles. The van der Waals surface area contributed by atoms with Gasteiger partial charge >= 0.3 is 0 Å². The van der Waals surface area contributed by atoms with Gasteiger partial charge in [0.2, 0.25) is 5.91 Å². The fourth-order valence-corrected chi connectivity index (χ4v) is 3.89. The molecule has 9 heteroatoms. The second-order valence-corrected chi connectivity index (χ2v) is 7.55. The molecule has 0 radical (unpaired) electrons. The van der Waals surface area contributed by atoms with Gasteiger partial charge in [0, 0.05) is 80.9 Å². The molecule has 2 amide bonds. The highest BCUT2D eigenvalue weighted by molar-refractivity contribution is 6.35.